The Morgan fingerprint density at radius 1 is 1.04 bits per heavy atom. The monoisotopic (exact) mass is 366 g/mol. The molecule has 0 spiro atoms. The summed E-state index contributed by atoms with van der Waals surface area (Å²) in [5.41, 5.74) is 9.07. The van der Waals surface area contributed by atoms with Crippen molar-refractivity contribution >= 4 is 33.7 Å². The molecule has 2 aliphatic rings. The second kappa shape index (κ2) is 6.06. The molecule has 2 nitrogen and oxygen atoms in total. The number of hydrogen-bond donors (Lipinski definition) is 1. The minimum Gasteiger partial charge on any atom is -0.316 e. The summed E-state index contributed by atoms with van der Waals surface area (Å²) in [5, 5.41) is 3.46. The first kappa shape index (κ1) is 14.9. The van der Waals surface area contributed by atoms with E-state index < -0.39 is 0 Å². The van der Waals surface area contributed by atoms with Gasteiger partial charge in [0.2, 0.25) is 0 Å². The highest BCUT2D eigenvalue weighted by molar-refractivity contribution is 9.10. The van der Waals surface area contributed by atoms with Crippen LogP contribution in [0.1, 0.15) is 40.8 Å². The molecule has 4 rings (SSSR count). The van der Waals surface area contributed by atoms with Gasteiger partial charge in [0.05, 0.1) is 5.69 Å². The van der Waals surface area contributed by atoms with E-state index in [9.17, 15) is 0 Å². The van der Waals surface area contributed by atoms with Crippen molar-refractivity contribution in [3.63, 3.8) is 0 Å². The Labute approximate surface area is 145 Å². The van der Waals surface area contributed by atoms with E-state index in [1.165, 1.54) is 33.4 Å². The van der Waals surface area contributed by atoms with Crippen LogP contribution in [0.2, 0.25) is 0 Å². The summed E-state index contributed by atoms with van der Waals surface area (Å²) < 4.78 is 1.03. The maximum atomic E-state index is 4.78. The third-order valence-electron chi connectivity index (χ3n) is 4.60. The minimum absolute atomic E-state index is 1.03. The van der Waals surface area contributed by atoms with Crippen molar-refractivity contribution in [1.82, 2.24) is 10.3 Å². The number of nitrogens with one attached hydrogen (secondary N) is 1. The van der Waals surface area contributed by atoms with E-state index >= 15 is 0 Å². The van der Waals surface area contributed by atoms with E-state index in [0.717, 1.165) is 36.1 Å². The maximum absolute atomic E-state index is 4.78. The fourth-order valence-electron chi connectivity index (χ4n) is 3.48. The Bertz CT molecular complexity index is 768. The Morgan fingerprint density at radius 3 is 2.65 bits per heavy atom. The van der Waals surface area contributed by atoms with Gasteiger partial charge in [0.25, 0.3) is 0 Å². The van der Waals surface area contributed by atoms with Crippen molar-refractivity contribution < 1.29 is 0 Å². The van der Waals surface area contributed by atoms with Crippen LogP contribution in [-0.4, -0.2) is 18.1 Å². The molecule has 0 amide bonds. The second-order valence-electron chi connectivity index (χ2n) is 6.24. The molecule has 2 heterocycles. The lowest BCUT2D eigenvalue weighted by Gasteiger charge is -2.22. The van der Waals surface area contributed by atoms with Gasteiger partial charge >= 0.3 is 0 Å². The largest absolute Gasteiger partial charge is 0.316 e. The summed E-state index contributed by atoms with van der Waals surface area (Å²) in [4.78, 5) is 4.78. The summed E-state index contributed by atoms with van der Waals surface area (Å²) in [7, 11) is 0. The van der Waals surface area contributed by atoms with Gasteiger partial charge in [-0.25, -0.2) is 0 Å². The summed E-state index contributed by atoms with van der Waals surface area (Å²) in [6, 6.07) is 8.91. The predicted octanol–water partition coefficient (Wildman–Crippen LogP) is 4.82. The molecular weight excluding hydrogens is 348 g/mol. The smallest absolute Gasteiger partial charge is 0.0780 e. The SMILES string of the molecule is Cc1ccc2c(c1)C=Cc1cc(Br)cnc1C2=C1CCNCC1. The van der Waals surface area contributed by atoms with Gasteiger partial charge < -0.3 is 5.32 Å². The van der Waals surface area contributed by atoms with E-state index in [-0.39, 0.29) is 0 Å². The molecule has 1 fully saturated rings. The zero-order valence-electron chi connectivity index (χ0n) is 13.2. The lowest BCUT2D eigenvalue weighted by Crippen LogP contribution is -2.24. The molecule has 1 saturated heterocycles. The topological polar surface area (TPSA) is 24.9 Å². The van der Waals surface area contributed by atoms with Crippen molar-refractivity contribution in [3.05, 3.63) is 68.5 Å². The molecule has 1 aliphatic carbocycles. The summed E-state index contributed by atoms with van der Waals surface area (Å²) in [6.45, 7) is 4.26. The van der Waals surface area contributed by atoms with Crippen molar-refractivity contribution in [1.29, 1.82) is 0 Å². The normalized spacial score (nSPS) is 16.8. The van der Waals surface area contributed by atoms with Gasteiger partial charge in [0.15, 0.2) is 0 Å². The fourth-order valence-corrected chi connectivity index (χ4v) is 3.83. The van der Waals surface area contributed by atoms with E-state index in [1.807, 2.05) is 6.20 Å². The molecule has 1 N–H and O–H groups in total. The van der Waals surface area contributed by atoms with Crippen molar-refractivity contribution in [2.75, 3.05) is 13.1 Å². The molecule has 0 bridgehead atoms. The van der Waals surface area contributed by atoms with Crippen LogP contribution in [0.4, 0.5) is 0 Å². The van der Waals surface area contributed by atoms with Crippen LogP contribution in [-0.2, 0) is 0 Å². The highest BCUT2D eigenvalue weighted by Crippen LogP contribution is 2.38. The zero-order valence-corrected chi connectivity index (χ0v) is 14.8. The Kier molecular flexibility index (Phi) is 3.92. The van der Waals surface area contributed by atoms with Crippen molar-refractivity contribution in [2.24, 2.45) is 0 Å². The maximum Gasteiger partial charge on any atom is 0.0780 e. The second-order valence-corrected chi connectivity index (χ2v) is 7.16. The molecular formula is C20H19BrN2. The van der Waals surface area contributed by atoms with Crippen LogP contribution in [0.5, 0.6) is 0 Å². The quantitative estimate of drug-likeness (QED) is 0.616. The van der Waals surface area contributed by atoms with E-state index in [0.29, 0.717) is 0 Å². The highest BCUT2D eigenvalue weighted by atomic mass is 79.9. The van der Waals surface area contributed by atoms with Crippen LogP contribution in [0, 0.1) is 6.92 Å². The molecule has 1 aromatic heterocycles. The molecule has 3 heteroatoms. The number of piperidine rings is 1. The third kappa shape index (κ3) is 2.79. The number of benzene rings is 1. The average molecular weight is 367 g/mol. The van der Waals surface area contributed by atoms with Crippen LogP contribution in [0.15, 0.2) is 40.5 Å². The molecule has 0 saturated carbocycles. The molecule has 23 heavy (non-hydrogen) atoms. The van der Waals surface area contributed by atoms with Crippen molar-refractivity contribution in [3.8, 4) is 0 Å². The van der Waals surface area contributed by atoms with E-state index in [1.54, 1.807) is 0 Å². The van der Waals surface area contributed by atoms with Gasteiger partial charge in [0, 0.05) is 21.8 Å². The highest BCUT2D eigenvalue weighted by Gasteiger charge is 2.21. The van der Waals surface area contributed by atoms with Gasteiger partial charge in [0.1, 0.15) is 0 Å². The first-order valence-corrected chi connectivity index (χ1v) is 8.89. The van der Waals surface area contributed by atoms with Crippen LogP contribution in [0.25, 0.3) is 17.7 Å². The van der Waals surface area contributed by atoms with Crippen LogP contribution in [0.3, 0.4) is 0 Å². The number of fused-ring (bicyclic) bond motifs is 2. The molecule has 116 valence electrons. The summed E-state index contributed by atoms with van der Waals surface area (Å²) in [5.74, 6) is 0. The number of rotatable bonds is 0. The van der Waals surface area contributed by atoms with Crippen molar-refractivity contribution in [2.45, 2.75) is 19.8 Å². The molecule has 0 radical (unpaired) electrons. The average Bonchev–Trinajstić information content (AvgIpc) is 2.72. The Hall–Kier alpha value is -1.71. The van der Waals surface area contributed by atoms with Gasteiger partial charge in [-0.3, -0.25) is 4.98 Å². The molecule has 2 aromatic rings. The molecule has 0 atom stereocenters. The van der Waals surface area contributed by atoms with Gasteiger partial charge in [-0.05, 0) is 66.0 Å². The fraction of sp³-hybridized carbons (Fsp3) is 0.250. The zero-order chi connectivity index (χ0) is 15.8. The van der Waals surface area contributed by atoms with E-state index in [2.05, 4.69) is 64.6 Å². The molecule has 1 aromatic carbocycles. The number of hydrogen-bond acceptors (Lipinski definition) is 2. The standard InChI is InChI=1S/C20H19BrN2/c1-13-2-5-18-15(10-13)3-4-16-11-17(21)12-23-20(16)19(18)14-6-8-22-9-7-14/h2-5,10-12,22H,6-9H2,1H3. The Morgan fingerprint density at radius 2 is 1.83 bits per heavy atom. The third-order valence-corrected chi connectivity index (χ3v) is 5.03. The number of halogens is 1. The molecule has 1 aliphatic heterocycles. The van der Waals surface area contributed by atoms with Crippen LogP contribution < -0.4 is 5.32 Å². The lowest BCUT2D eigenvalue weighted by molar-refractivity contribution is 0.611. The first-order valence-electron chi connectivity index (χ1n) is 8.10. The summed E-state index contributed by atoms with van der Waals surface area (Å²) in [6.07, 6.45) is 8.52. The van der Waals surface area contributed by atoms with E-state index in [4.69, 9.17) is 4.98 Å². The van der Waals surface area contributed by atoms with Crippen LogP contribution >= 0.6 is 15.9 Å². The lowest BCUT2D eigenvalue weighted by atomic mass is 9.88. The number of aromatic nitrogens is 1. The van der Waals surface area contributed by atoms with Gasteiger partial charge in [-0.2, -0.15) is 0 Å². The number of pyridine rings is 1. The predicted molar refractivity (Wildman–Crippen MR) is 100 cm³/mol. The number of nitrogens with zero attached hydrogens (tertiary/aromatic N) is 1. The molecule has 0 unspecified atom stereocenters. The van der Waals surface area contributed by atoms with Gasteiger partial charge in [-0.1, -0.05) is 41.5 Å². The number of aryl methyl sites for hydroxylation is 1. The Balaban J connectivity index is 2.01. The first-order chi connectivity index (χ1) is 11.2. The van der Waals surface area contributed by atoms with Gasteiger partial charge in [-0.15, -0.1) is 0 Å². The summed E-state index contributed by atoms with van der Waals surface area (Å²) >= 11 is 3.56. The minimum atomic E-state index is 1.03.